The first-order valence-electron chi connectivity index (χ1n) is 10.8. The predicted octanol–water partition coefficient (Wildman–Crippen LogP) is 5.52. The summed E-state index contributed by atoms with van der Waals surface area (Å²) in [6, 6.07) is 9.46. The van der Waals surface area contributed by atoms with Gasteiger partial charge in [-0.15, -0.1) is 0 Å². The fourth-order valence-electron chi connectivity index (χ4n) is 3.76. The highest BCUT2D eigenvalue weighted by molar-refractivity contribution is 5.98. The van der Waals surface area contributed by atoms with Gasteiger partial charge in [0.1, 0.15) is 17.0 Å². The number of carbonyl (C=O) groups is 2. The molecule has 0 saturated heterocycles. The van der Waals surface area contributed by atoms with Gasteiger partial charge in [0.25, 0.3) is 12.3 Å². The summed E-state index contributed by atoms with van der Waals surface area (Å²) in [4.78, 5) is 24.4. The van der Waals surface area contributed by atoms with Gasteiger partial charge in [0.05, 0.1) is 11.6 Å². The second-order valence-electron chi connectivity index (χ2n) is 8.11. The van der Waals surface area contributed by atoms with Crippen LogP contribution in [-0.2, 0) is 13.5 Å². The molecule has 7 nitrogen and oxygen atoms in total. The molecule has 0 spiro atoms. The van der Waals surface area contributed by atoms with Crippen molar-refractivity contribution < 1.29 is 28.2 Å². The highest BCUT2D eigenvalue weighted by Gasteiger charge is 2.30. The molecule has 3 rings (SSSR count). The number of amides is 1. The summed E-state index contributed by atoms with van der Waals surface area (Å²) in [7, 11) is 1.43. The molecule has 0 aliphatic carbocycles. The Labute approximate surface area is 196 Å². The quantitative estimate of drug-likeness (QED) is 0.451. The van der Waals surface area contributed by atoms with E-state index >= 15 is 0 Å². The van der Waals surface area contributed by atoms with Gasteiger partial charge in [0.15, 0.2) is 0 Å². The number of benzene rings is 2. The van der Waals surface area contributed by atoms with Crippen LogP contribution in [0.2, 0.25) is 0 Å². The van der Waals surface area contributed by atoms with E-state index in [1.54, 1.807) is 32.0 Å². The Morgan fingerprint density at radius 3 is 2.44 bits per heavy atom. The van der Waals surface area contributed by atoms with E-state index in [1.165, 1.54) is 13.1 Å². The van der Waals surface area contributed by atoms with Gasteiger partial charge in [-0.25, -0.2) is 18.3 Å². The maximum absolute atomic E-state index is 13.8. The molecule has 1 amide bonds. The molecule has 0 saturated carbocycles. The number of aromatic nitrogens is 2. The lowest BCUT2D eigenvalue weighted by Crippen LogP contribution is -2.28. The summed E-state index contributed by atoms with van der Waals surface area (Å²) < 4.78 is 34.5. The van der Waals surface area contributed by atoms with Gasteiger partial charge in [-0.1, -0.05) is 25.1 Å². The van der Waals surface area contributed by atoms with Gasteiger partial charge in [-0.2, -0.15) is 5.10 Å². The third-order valence-corrected chi connectivity index (χ3v) is 5.70. The summed E-state index contributed by atoms with van der Waals surface area (Å²) in [6.07, 6.45) is -2.22. The molecule has 180 valence electrons. The number of aromatic carboxylic acids is 1. The second kappa shape index (κ2) is 10.0. The van der Waals surface area contributed by atoms with Gasteiger partial charge in [0, 0.05) is 7.05 Å². The van der Waals surface area contributed by atoms with Crippen molar-refractivity contribution >= 4 is 11.9 Å². The molecule has 3 aromatic rings. The third-order valence-electron chi connectivity index (χ3n) is 5.70. The number of alkyl halides is 2. The third kappa shape index (κ3) is 5.08. The van der Waals surface area contributed by atoms with E-state index in [0.29, 0.717) is 16.9 Å². The highest BCUT2D eigenvalue weighted by atomic mass is 19.3. The van der Waals surface area contributed by atoms with Crippen LogP contribution in [0.1, 0.15) is 75.0 Å². The average molecular weight is 472 g/mol. The lowest BCUT2D eigenvalue weighted by atomic mass is 10.0. The Bertz CT molecular complexity index is 1240. The average Bonchev–Trinajstić information content (AvgIpc) is 3.11. The number of hydrogen-bond donors (Lipinski definition) is 2. The van der Waals surface area contributed by atoms with Crippen LogP contribution in [0.3, 0.4) is 0 Å². The summed E-state index contributed by atoms with van der Waals surface area (Å²) in [6.45, 7) is 7.29. The largest absolute Gasteiger partial charge is 0.478 e. The first-order valence-corrected chi connectivity index (χ1v) is 10.8. The summed E-state index contributed by atoms with van der Waals surface area (Å²) in [5.41, 5.74) is 2.39. The van der Waals surface area contributed by atoms with Gasteiger partial charge in [0.2, 0.25) is 5.88 Å². The standard InChI is InChI=1S/C25H27F2N3O4/c1-6-16-12-18(9-7-13(16)2)34-24-20(21(22(26)27)29-30(24)5)23(31)28-15(4)17-8-10-19(25(32)33)14(3)11-17/h7-12,15,22H,6H2,1-5H3,(H,28,31)(H,32,33). The monoisotopic (exact) mass is 471 g/mol. The lowest BCUT2D eigenvalue weighted by Gasteiger charge is -2.17. The smallest absolute Gasteiger partial charge is 0.335 e. The lowest BCUT2D eigenvalue weighted by molar-refractivity contribution is 0.0695. The van der Waals surface area contributed by atoms with E-state index < -0.39 is 30.0 Å². The van der Waals surface area contributed by atoms with Crippen molar-refractivity contribution in [3.63, 3.8) is 0 Å². The number of carboxylic acid groups (broad SMARTS) is 1. The molecule has 0 fully saturated rings. The van der Waals surface area contributed by atoms with Gasteiger partial charge >= 0.3 is 5.97 Å². The van der Waals surface area contributed by atoms with Gasteiger partial charge in [-0.05, 0) is 67.6 Å². The number of aryl methyl sites for hydroxylation is 4. The second-order valence-corrected chi connectivity index (χ2v) is 8.11. The van der Waals surface area contributed by atoms with E-state index in [4.69, 9.17) is 4.74 Å². The van der Waals surface area contributed by atoms with Crippen molar-refractivity contribution in [1.82, 2.24) is 15.1 Å². The molecule has 1 heterocycles. The normalized spacial score (nSPS) is 12.0. The number of ether oxygens (including phenoxy) is 1. The number of nitrogens with one attached hydrogen (secondary N) is 1. The van der Waals surface area contributed by atoms with Gasteiger partial charge < -0.3 is 15.2 Å². The van der Waals surface area contributed by atoms with Crippen LogP contribution in [0, 0.1) is 13.8 Å². The molecule has 0 bridgehead atoms. The molecule has 9 heteroatoms. The molecule has 0 aliphatic heterocycles. The van der Waals surface area contributed by atoms with E-state index in [9.17, 15) is 23.5 Å². The Hall–Kier alpha value is -3.75. The topological polar surface area (TPSA) is 93.4 Å². The Morgan fingerprint density at radius 2 is 1.85 bits per heavy atom. The number of rotatable bonds is 8. The van der Waals surface area contributed by atoms with E-state index in [0.717, 1.165) is 22.2 Å². The fraction of sp³-hybridized carbons (Fsp3) is 0.320. The van der Waals surface area contributed by atoms with E-state index in [1.807, 2.05) is 26.0 Å². The van der Waals surface area contributed by atoms with E-state index in [2.05, 4.69) is 10.4 Å². The van der Waals surface area contributed by atoms with Crippen LogP contribution >= 0.6 is 0 Å². The van der Waals surface area contributed by atoms with Crippen LogP contribution < -0.4 is 10.1 Å². The minimum atomic E-state index is -2.99. The number of hydrogen-bond acceptors (Lipinski definition) is 4. The van der Waals surface area contributed by atoms with Gasteiger partial charge in [-0.3, -0.25) is 4.79 Å². The van der Waals surface area contributed by atoms with Crippen molar-refractivity contribution in [2.45, 2.75) is 46.6 Å². The first-order chi connectivity index (χ1) is 16.0. The predicted molar refractivity (Wildman–Crippen MR) is 123 cm³/mol. The maximum Gasteiger partial charge on any atom is 0.335 e. The number of halogens is 2. The molecular weight excluding hydrogens is 444 g/mol. The van der Waals surface area contributed by atoms with E-state index in [-0.39, 0.29) is 17.0 Å². The van der Waals surface area contributed by atoms with Crippen LogP contribution in [0.5, 0.6) is 11.6 Å². The van der Waals surface area contributed by atoms with Crippen molar-refractivity contribution in [3.05, 3.63) is 75.5 Å². The number of nitrogens with zero attached hydrogens (tertiary/aromatic N) is 2. The first kappa shape index (κ1) is 24.9. The fourth-order valence-corrected chi connectivity index (χ4v) is 3.76. The SMILES string of the molecule is CCc1cc(Oc2c(C(=O)NC(C)c3ccc(C(=O)O)c(C)c3)c(C(F)F)nn2C)ccc1C. The molecule has 1 unspecified atom stereocenters. The summed E-state index contributed by atoms with van der Waals surface area (Å²) >= 11 is 0. The Balaban J connectivity index is 1.94. The van der Waals surface area contributed by atoms with Crippen molar-refractivity contribution in [3.8, 4) is 11.6 Å². The minimum Gasteiger partial charge on any atom is -0.478 e. The Morgan fingerprint density at radius 1 is 1.15 bits per heavy atom. The zero-order valence-electron chi connectivity index (χ0n) is 19.6. The molecule has 2 N–H and O–H groups in total. The molecule has 1 atom stereocenters. The van der Waals surface area contributed by atoms with Crippen molar-refractivity contribution in [2.75, 3.05) is 0 Å². The Kier molecular flexibility index (Phi) is 7.34. The van der Waals surface area contributed by atoms with Crippen LogP contribution in [0.25, 0.3) is 0 Å². The molecule has 0 aliphatic rings. The highest BCUT2D eigenvalue weighted by Crippen LogP contribution is 2.33. The molecule has 0 radical (unpaired) electrons. The number of carboxylic acids is 1. The number of carbonyl (C=O) groups excluding carboxylic acids is 1. The summed E-state index contributed by atoms with van der Waals surface area (Å²) in [5.74, 6) is -1.51. The molecule has 2 aromatic carbocycles. The van der Waals surface area contributed by atoms with Crippen LogP contribution in [-0.4, -0.2) is 26.8 Å². The van der Waals surface area contributed by atoms with Crippen molar-refractivity contribution in [1.29, 1.82) is 0 Å². The zero-order chi connectivity index (χ0) is 25.2. The zero-order valence-corrected chi connectivity index (χ0v) is 19.6. The van der Waals surface area contributed by atoms with Crippen LogP contribution in [0.15, 0.2) is 36.4 Å². The minimum absolute atomic E-state index is 0.0942. The maximum atomic E-state index is 13.8. The van der Waals surface area contributed by atoms with Crippen molar-refractivity contribution in [2.24, 2.45) is 7.05 Å². The molecule has 34 heavy (non-hydrogen) atoms. The molecular formula is C25H27F2N3O4. The summed E-state index contributed by atoms with van der Waals surface area (Å²) in [5, 5.41) is 15.7. The molecule has 1 aromatic heterocycles. The van der Waals surface area contributed by atoms with Crippen LogP contribution in [0.4, 0.5) is 8.78 Å².